The predicted octanol–water partition coefficient (Wildman–Crippen LogP) is 4.37. The summed E-state index contributed by atoms with van der Waals surface area (Å²) < 4.78 is 11.5. The van der Waals surface area contributed by atoms with Gasteiger partial charge >= 0.3 is 0 Å². The minimum atomic E-state index is -0.721. The second-order valence-electron chi connectivity index (χ2n) is 7.76. The first-order chi connectivity index (χ1) is 17.0. The predicted molar refractivity (Wildman–Crippen MR) is 138 cm³/mol. The van der Waals surface area contributed by atoms with Crippen LogP contribution >= 0.6 is 0 Å². The molecule has 4 heterocycles. The van der Waals surface area contributed by atoms with Gasteiger partial charge in [-0.3, -0.25) is 4.79 Å². The van der Waals surface area contributed by atoms with E-state index >= 15 is 0 Å². The number of carbonyl (C=O) groups is 2. The van der Waals surface area contributed by atoms with Crippen LogP contribution < -0.4 is 20.1 Å². The van der Waals surface area contributed by atoms with Crippen molar-refractivity contribution in [3.8, 4) is 11.5 Å². The maximum atomic E-state index is 13.1. The van der Waals surface area contributed by atoms with E-state index in [0.29, 0.717) is 48.1 Å². The lowest BCUT2D eigenvalue weighted by Gasteiger charge is -2.18. The fourth-order valence-corrected chi connectivity index (χ4v) is 3.38. The van der Waals surface area contributed by atoms with Gasteiger partial charge in [0.1, 0.15) is 31.0 Å². The van der Waals surface area contributed by atoms with Crippen LogP contribution in [0.2, 0.25) is 0 Å². The average Bonchev–Trinajstić information content (AvgIpc) is 2.87. The Kier molecular flexibility index (Phi) is 9.19. The highest BCUT2D eigenvalue weighted by Gasteiger charge is 2.18. The Hall–Kier alpha value is -4.39. The topological polar surface area (TPSA) is 101 Å². The molecule has 2 aromatic carbocycles. The molecule has 3 N–H and O–H groups in total. The molecule has 4 aliphatic rings. The van der Waals surface area contributed by atoms with Gasteiger partial charge in [0.15, 0.2) is 0 Å². The lowest BCUT2D eigenvalue weighted by Crippen LogP contribution is -2.39. The lowest BCUT2D eigenvalue weighted by atomic mass is 10.1. The SMILES string of the molecule is C=C1Nc2ccc(cc2C=N)OC/C=C/COc2ccc(cc2)CC(C=O)NC(=O)/C1=C/C=C\C. The van der Waals surface area contributed by atoms with Gasteiger partial charge in [-0.15, -0.1) is 0 Å². The van der Waals surface area contributed by atoms with E-state index < -0.39 is 11.9 Å². The maximum absolute atomic E-state index is 13.1. The first-order valence-corrected chi connectivity index (χ1v) is 11.2. The summed E-state index contributed by atoms with van der Waals surface area (Å²) in [6.07, 6.45) is 11.1. The van der Waals surface area contributed by atoms with Gasteiger partial charge in [-0.25, -0.2) is 0 Å². The Morgan fingerprint density at radius 1 is 1.06 bits per heavy atom. The number of aldehydes is 1. The van der Waals surface area contributed by atoms with E-state index in [1.165, 1.54) is 6.21 Å². The van der Waals surface area contributed by atoms with Gasteiger partial charge in [-0.1, -0.05) is 30.9 Å². The van der Waals surface area contributed by atoms with Crippen molar-refractivity contribution < 1.29 is 19.1 Å². The Morgan fingerprint density at radius 2 is 1.74 bits per heavy atom. The van der Waals surface area contributed by atoms with Crippen molar-refractivity contribution in [1.29, 1.82) is 5.41 Å². The summed E-state index contributed by atoms with van der Waals surface area (Å²) in [5, 5.41) is 13.7. The van der Waals surface area contributed by atoms with Gasteiger partial charge in [0.05, 0.1) is 11.6 Å². The van der Waals surface area contributed by atoms with Gasteiger partial charge in [0.2, 0.25) is 0 Å². The zero-order chi connectivity index (χ0) is 25.0. The number of benzene rings is 2. The number of hydrogen-bond donors (Lipinski definition) is 3. The number of amides is 1. The molecule has 7 nitrogen and oxygen atoms in total. The van der Waals surface area contributed by atoms with Crippen molar-refractivity contribution in [2.45, 2.75) is 19.4 Å². The number of nitrogens with one attached hydrogen (secondary N) is 3. The maximum Gasteiger partial charge on any atom is 0.253 e. The first kappa shape index (κ1) is 25.2. The van der Waals surface area contributed by atoms with Crippen LogP contribution in [0.25, 0.3) is 0 Å². The smallest absolute Gasteiger partial charge is 0.253 e. The van der Waals surface area contributed by atoms with Crippen LogP contribution in [0.5, 0.6) is 11.5 Å². The Bertz CT molecular complexity index is 1160. The Balaban J connectivity index is 1.94. The van der Waals surface area contributed by atoms with E-state index in [-0.39, 0.29) is 5.57 Å². The highest BCUT2D eigenvalue weighted by molar-refractivity contribution is 6.00. The molecule has 7 heteroatoms. The van der Waals surface area contributed by atoms with Gasteiger partial charge < -0.3 is 30.3 Å². The van der Waals surface area contributed by atoms with E-state index in [1.54, 1.807) is 36.4 Å². The fourth-order valence-electron chi connectivity index (χ4n) is 3.38. The molecule has 4 bridgehead atoms. The molecule has 0 saturated heterocycles. The summed E-state index contributed by atoms with van der Waals surface area (Å²) in [4.78, 5) is 24.9. The molecule has 0 spiro atoms. The minimum Gasteiger partial charge on any atom is -0.490 e. The molecule has 0 saturated carbocycles. The van der Waals surface area contributed by atoms with Crippen molar-refractivity contribution in [3.05, 3.63) is 102 Å². The molecule has 6 rings (SSSR count). The standard InChI is InChI=1S/C28H29N3O4/c1-3-4-7-26-20(2)30-27-13-12-25(17-22(27)18-29)35-15-6-5-14-34-24-10-8-21(9-11-24)16-23(19-32)31-28(26)33/h3-13,17-19,23,29-30H,2,14-16H2,1H3,(H,31,33)/b4-3-,6-5+,26-7+,29-18?. The van der Waals surface area contributed by atoms with Crippen LogP contribution in [0.1, 0.15) is 18.1 Å². The number of allylic oxidation sites excluding steroid dienone is 3. The average molecular weight is 472 g/mol. The molecule has 1 unspecified atom stereocenters. The summed E-state index contributed by atoms with van der Waals surface area (Å²) in [5.74, 6) is 0.857. The molecule has 2 aromatic rings. The van der Waals surface area contributed by atoms with Crippen molar-refractivity contribution in [2.75, 3.05) is 18.5 Å². The van der Waals surface area contributed by atoms with Crippen molar-refractivity contribution in [3.63, 3.8) is 0 Å². The van der Waals surface area contributed by atoms with Crippen molar-refractivity contribution in [1.82, 2.24) is 5.32 Å². The summed E-state index contributed by atoms with van der Waals surface area (Å²) >= 11 is 0. The van der Waals surface area contributed by atoms with Gasteiger partial charge in [0, 0.05) is 23.2 Å². The summed E-state index contributed by atoms with van der Waals surface area (Å²) in [7, 11) is 0. The molecule has 4 aliphatic heterocycles. The van der Waals surface area contributed by atoms with Crippen LogP contribution in [0, 0.1) is 5.41 Å². The van der Waals surface area contributed by atoms with Gasteiger partial charge in [-0.05, 0) is 67.5 Å². The summed E-state index contributed by atoms with van der Waals surface area (Å²) in [6.45, 7) is 6.59. The molecular weight excluding hydrogens is 442 g/mol. The van der Waals surface area contributed by atoms with Gasteiger partial charge in [0.25, 0.3) is 5.91 Å². The fraction of sp³-hybridized carbons (Fsp3) is 0.179. The molecule has 0 aromatic heterocycles. The second-order valence-corrected chi connectivity index (χ2v) is 7.76. The molecule has 1 atom stereocenters. The van der Waals surface area contributed by atoms with Crippen molar-refractivity contribution in [2.24, 2.45) is 0 Å². The highest BCUT2D eigenvalue weighted by Crippen LogP contribution is 2.24. The van der Waals surface area contributed by atoms with E-state index in [4.69, 9.17) is 14.9 Å². The van der Waals surface area contributed by atoms with E-state index in [2.05, 4.69) is 17.2 Å². The van der Waals surface area contributed by atoms with Crippen molar-refractivity contribution >= 4 is 24.1 Å². The number of carbonyl (C=O) groups excluding carboxylic acids is 2. The Labute approximate surface area is 205 Å². The molecule has 1 amide bonds. The molecular formula is C28H29N3O4. The normalized spacial score (nSPS) is 19.2. The lowest BCUT2D eigenvalue weighted by molar-refractivity contribution is -0.120. The highest BCUT2D eigenvalue weighted by atomic mass is 16.5. The molecule has 0 fully saturated rings. The number of anilines is 1. The van der Waals surface area contributed by atoms with Gasteiger partial charge in [-0.2, -0.15) is 0 Å². The van der Waals surface area contributed by atoms with Crippen LogP contribution in [0.15, 0.2) is 90.7 Å². The third kappa shape index (κ3) is 7.30. The third-order valence-corrected chi connectivity index (χ3v) is 5.21. The first-order valence-electron chi connectivity index (χ1n) is 11.2. The monoisotopic (exact) mass is 471 g/mol. The zero-order valence-electron chi connectivity index (χ0n) is 19.6. The molecule has 35 heavy (non-hydrogen) atoms. The molecule has 180 valence electrons. The van der Waals surface area contributed by atoms with Crippen LogP contribution in [0.4, 0.5) is 5.69 Å². The zero-order valence-corrected chi connectivity index (χ0v) is 19.6. The number of hydrogen-bond acceptors (Lipinski definition) is 6. The largest absolute Gasteiger partial charge is 0.490 e. The molecule has 0 radical (unpaired) electrons. The number of rotatable bonds is 3. The quantitative estimate of drug-likeness (QED) is 0.267. The minimum absolute atomic E-state index is 0.269. The van der Waals surface area contributed by atoms with E-state index in [0.717, 1.165) is 11.8 Å². The summed E-state index contributed by atoms with van der Waals surface area (Å²) in [5.41, 5.74) is 2.65. The molecule has 0 aliphatic carbocycles. The number of ether oxygens (including phenoxy) is 2. The van der Waals surface area contributed by atoms with Crippen LogP contribution in [0.3, 0.4) is 0 Å². The van der Waals surface area contributed by atoms with Crippen LogP contribution in [-0.4, -0.2) is 37.7 Å². The third-order valence-electron chi connectivity index (χ3n) is 5.21. The van der Waals surface area contributed by atoms with E-state index in [9.17, 15) is 9.59 Å². The van der Waals surface area contributed by atoms with E-state index in [1.807, 2.05) is 43.3 Å². The second kappa shape index (κ2) is 12.7. The summed E-state index contributed by atoms with van der Waals surface area (Å²) in [6, 6.07) is 11.9. The van der Waals surface area contributed by atoms with Crippen LogP contribution in [-0.2, 0) is 16.0 Å². The Morgan fingerprint density at radius 3 is 2.40 bits per heavy atom.